The maximum absolute atomic E-state index is 14.4. The lowest BCUT2D eigenvalue weighted by Gasteiger charge is -2.32. The number of carbonyl (C=O) groups excluding carboxylic acids is 1. The molecule has 0 aliphatic carbocycles. The predicted octanol–water partition coefficient (Wildman–Crippen LogP) is 5.40. The highest BCUT2D eigenvalue weighted by Gasteiger charge is 2.50. The van der Waals surface area contributed by atoms with Gasteiger partial charge in [0.05, 0.1) is 27.6 Å². The van der Waals surface area contributed by atoms with E-state index in [1.54, 1.807) is 38.1 Å². The van der Waals surface area contributed by atoms with Gasteiger partial charge in [0, 0.05) is 14.9 Å². The topological polar surface area (TPSA) is 91.7 Å². The summed E-state index contributed by atoms with van der Waals surface area (Å²) in [7, 11) is -8.19. The van der Waals surface area contributed by atoms with E-state index in [0.717, 1.165) is 9.54 Å². The van der Waals surface area contributed by atoms with Crippen LogP contribution in [0.5, 0.6) is 5.75 Å². The highest BCUT2D eigenvalue weighted by Crippen LogP contribution is 2.59. The normalized spacial score (nSPS) is 16.9. The number of aryl methyl sites for hydroxylation is 1. The van der Waals surface area contributed by atoms with Crippen molar-refractivity contribution < 1.29 is 27.0 Å². The van der Waals surface area contributed by atoms with Gasteiger partial charge in [-0.3, -0.25) is 4.57 Å². The van der Waals surface area contributed by atoms with Crippen LogP contribution in [0, 0.1) is 6.92 Å². The number of rotatable bonds is 5. The SMILES string of the molecule is CCOC(=O)c1c(P2(=O)Oc3c(C)cc(Br)cc32)c2cc(Cl)ccc2n1S(=O)(=O)c1ccccc1. The average Bonchev–Trinajstić information content (AvgIpc) is 3.16. The number of halogens is 2. The molecule has 0 amide bonds. The Labute approximate surface area is 215 Å². The van der Waals surface area contributed by atoms with E-state index in [2.05, 4.69) is 15.9 Å². The molecule has 7 nitrogen and oxygen atoms in total. The van der Waals surface area contributed by atoms with Crippen molar-refractivity contribution in [2.75, 3.05) is 6.61 Å². The summed E-state index contributed by atoms with van der Waals surface area (Å²) in [6, 6.07) is 15.6. The highest BCUT2D eigenvalue weighted by atomic mass is 79.9. The molecule has 1 aromatic heterocycles. The molecule has 0 fully saturated rings. The lowest BCUT2D eigenvalue weighted by Crippen LogP contribution is -2.35. The van der Waals surface area contributed by atoms with Crippen molar-refractivity contribution in [3.8, 4) is 5.75 Å². The molecule has 1 atom stereocenters. The van der Waals surface area contributed by atoms with Crippen LogP contribution >= 0.6 is 34.9 Å². The average molecular weight is 595 g/mol. The number of esters is 1. The molecule has 1 aliphatic rings. The summed E-state index contributed by atoms with van der Waals surface area (Å²) in [5.74, 6) is -0.506. The van der Waals surface area contributed by atoms with Gasteiger partial charge in [0.15, 0.2) is 5.69 Å². The second-order valence-electron chi connectivity index (χ2n) is 7.88. The zero-order valence-electron chi connectivity index (χ0n) is 18.5. The number of fused-ring (bicyclic) bond motifs is 2. The third-order valence-electron chi connectivity index (χ3n) is 5.66. The Kier molecular flexibility index (Phi) is 5.87. The highest BCUT2D eigenvalue weighted by molar-refractivity contribution is 9.10. The van der Waals surface area contributed by atoms with E-state index >= 15 is 0 Å². The lowest BCUT2D eigenvalue weighted by atomic mass is 10.2. The van der Waals surface area contributed by atoms with Gasteiger partial charge >= 0.3 is 13.3 Å². The van der Waals surface area contributed by atoms with E-state index in [1.165, 1.54) is 30.3 Å². The van der Waals surface area contributed by atoms with Crippen molar-refractivity contribution in [3.63, 3.8) is 0 Å². The molecule has 0 radical (unpaired) electrons. The van der Waals surface area contributed by atoms with E-state index in [9.17, 15) is 17.8 Å². The molecule has 0 saturated carbocycles. The van der Waals surface area contributed by atoms with E-state index in [-0.39, 0.29) is 38.4 Å². The molecule has 1 unspecified atom stereocenters. The van der Waals surface area contributed by atoms with Crippen LogP contribution in [0.15, 0.2) is 70.0 Å². The summed E-state index contributed by atoms with van der Waals surface area (Å²) in [5.41, 5.74) is 0.507. The minimum atomic E-state index is -4.30. The molecule has 2 heterocycles. The second kappa shape index (κ2) is 8.52. The Balaban J connectivity index is 1.93. The van der Waals surface area contributed by atoms with Crippen molar-refractivity contribution in [1.82, 2.24) is 3.97 Å². The Morgan fingerprint density at radius 3 is 2.54 bits per heavy atom. The zero-order valence-corrected chi connectivity index (χ0v) is 22.5. The van der Waals surface area contributed by atoms with E-state index < -0.39 is 23.4 Å². The van der Waals surface area contributed by atoms with Crippen molar-refractivity contribution >= 4 is 72.4 Å². The standard InChI is InChI=1S/C24H18BrClNO6PS/c1-3-32-24(28)21-23(34(29)20-12-15(25)11-14(2)22(20)33-34)18-13-16(26)9-10-19(18)27(21)35(30,31)17-7-5-4-6-8-17/h4-13H,3H2,1-2H3. The van der Waals surface area contributed by atoms with Gasteiger partial charge in [0.25, 0.3) is 10.0 Å². The molecule has 180 valence electrons. The number of benzene rings is 3. The molecule has 0 spiro atoms. The minimum absolute atomic E-state index is 0.0155. The van der Waals surface area contributed by atoms with Crippen LogP contribution in [0.4, 0.5) is 0 Å². The van der Waals surface area contributed by atoms with Gasteiger partial charge < -0.3 is 9.26 Å². The number of ether oxygens (including phenoxy) is 1. The summed E-state index contributed by atoms with van der Waals surface area (Å²) in [4.78, 5) is 13.3. The molecular formula is C24H18BrClNO6PS. The first-order valence-electron chi connectivity index (χ1n) is 10.5. The first-order chi connectivity index (χ1) is 16.6. The third kappa shape index (κ3) is 3.64. The van der Waals surface area contributed by atoms with E-state index in [1.807, 2.05) is 6.07 Å². The maximum Gasteiger partial charge on any atom is 0.356 e. The molecule has 0 bridgehead atoms. The first-order valence-corrected chi connectivity index (χ1v) is 14.8. The fourth-order valence-electron chi connectivity index (χ4n) is 4.20. The molecular weight excluding hydrogens is 577 g/mol. The molecule has 35 heavy (non-hydrogen) atoms. The Morgan fingerprint density at radius 1 is 1.14 bits per heavy atom. The molecule has 0 saturated heterocycles. The van der Waals surface area contributed by atoms with Gasteiger partial charge in [-0.05, 0) is 61.9 Å². The summed E-state index contributed by atoms with van der Waals surface area (Å²) < 4.78 is 54.8. The third-order valence-corrected chi connectivity index (χ3v) is 10.5. The smallest absolute Gasteiger partial charge is 0.356 e. The first kappa shape index (κ1) is 24.1. The van der Waals surface area contributed by atoms with Crippen LogP contribution in [-0.2, 0) is 19.3 Å². The Bertz CT molecular complexity index is 1680. The quantitative estimate of drug-likeness (QED) is 0.227. The van der Waals surface area contributed by atoms with Crippen molar-refractivity contribution in [3.05, 3.63) is 81.4 Å². The van der Waals surface area contributed by atoms with Gasteiger partial charge in [0.1, 0.15) is 5.75 Å². The molecule has 5 rings (SSSR count). The number of nitrogens with zero attached hydrogens (tertiary/aromatic N) is 1. The lowest BCUT2D eigenvalue weighted by molar-refractivity contribution is 0.0520. The van der Waals surface area contributed by atoms with Gasteiger partial charge in [0.2, 0.25) is 0 Å². The van der Waals surface area contributed by atoms with Crippen molar-refractivity contribution in [2.45, 2.75) is 18.7 Å². The minimum Gasteiger partial charge on any atom is -0.461 e. The number of hydrogen-bond acceptors (Lipinski definition) is 6. The van der Waals surface area contributed by atoms with Gasteiger partial charge in [-0.15, -0.1) is 0 Å². The second-order valence-corrected chi connectivity index (χ2v) is 13.2. The Morgan fingerprint density at radius 2 is 1.86 bits per heavy atom. The molecule has 1 aliphatic heterocycles. The van der Waals surface area contributed by atoms with Gasteiger partial charge in [-0.25, -0.2) is 17.2 Å². The number of carbonyl (C=O) groups is 1. The van der Waals surface area contributed by atoms with Crippen molar-refractivity contribution in [1.29, 1.82) is 0 Å². The largest absolute Gasteiger partial charge is 0.461 e. The van der Waals surface area contributed by atoms with Crippen LogP contribution < -0.4 is 15.1 Å². The predicted molar refractivity (Wildman–Crippen MR) is 138 cm³/mol. The van der Waals surface area contributed by atoms with Crippen LogP contribution in [-0.4, -0.2) is 25.0 Å². The monoisotopic (exact) mass is 593 g/mol. The number of hydrogen-bond donors (Lipinski definition) is 0. The van der Waals surface area contributed by atoms with Crippen LogP contribution in [0.1, 0.15) is 23.0 Å². The van der Waals surface area contributed by atoms with Crippen LogP contribution in [0.2, 0.25) is 5.02 Å². The van der Waals surface area contributed by atoms with Crippen LogP contribution in [0.3, 0.4) is 0 Å². The fraction of sp³-hybridized carbons (Fsp3) is 0.125. The van der Waals surface area contributed by atoms with E-state index in [0.29, 0.717) is 15.5 Å². The summed E-state index contributed by atoms with van der Waals surface area (Å²) in [6.45, 7) is 3.39. The summed E-state index contributed by atoms with van der Waals surface area (Å²) in [6.07, 6.45) is 0. The molecule has 3 aromatic carbocycles. The maximum atomic E-state index is 14.4. The summed E-state index contributed by atoms with van der Waals surface area (Å²) in [5, 5.41) is 0.830. The fourth-order valence-corrected chi connectivity index (χ4v) is 9.29. The van der Waals surface area contributed by atoms with Crippen molar-refractivity contribution in [2.24, 2.45) is 0 Å². The summed E-state index contributed by atoms with van der Waals surface area (Å²) >= 11 is 9.69. The zero-order chi connectivity index (χ0) is 25.1. The molecule has 0 N–H and O–H groups in total. The molecule has 11 heteroatoms. The van der Waals surface area contributed by atoms with Crippen LogP contribution in [0.25, 0.3) is 10.9 Å². The molecule has 4 aromatic rings. The number of aromatic nitrogens is 1. The van der Waals surface area contributed by atoms with Gasteiger partial charge in [-0.2, -0.15) is 0 Å². The van der Waals surface area contributed by atoms with E-state index in [4.69, 9.17) is 20.9 Å². The van der Waals surface area contributed by atoms with Gasteiger partial charge in [-0.1, -0.05) is 45.7 Å². The Hall–Kier alpha value is -2.58.